The molecule has 0 saturated carbocycles. The fraction of sp³-hybridized carbons (Fsp3) is 0.579. The van der Waals surface area contributed by atoms with E-state index in [4.69, 9.17) is 4.74 Å². The van der Waals surface area contributed by atoms with Crippen LogP contribution in [0.3, 0.4) is 0 Å². The Kier molecular flexibility index (Phi) is 9.86. The molecule has 0 unspecified atom stereocenters. The number of nitrogens with one attached hydrogen (secondary N) is 3. The maximum Gasteiger partial charge on any atom is 0.239 e. The number of hydrogen-bond donors (Lipinski definition) is 3. The second-order valence-corrected chi connectivity index (χ2v) is 7.31. The van der Waals surface area contributed by atoms with E-state index < -0.39 is 0 Å². The highest BCUT2D eigenvalue weighted by Gasteiger charge is 2.15. The zero-order valence-corrected chi connectivity index (χ0v) is 19.0. The van der Waals surface area contributed by atoms with Gasteiger partial charge in [0.25, 0.3) is 0 Å². The average Bonchev–Trinajstić information content (AvgIpc) is 2.61. The van der Waals surface area contributed by atoms with E-state index in [1.54, 1.807) is 7.05 Å². The van der Waals surface area contributed by atoms with Gasteiger partial charge >= 0.3 is 0 Å². The van der Waals surface area contributed by atoms with Gasteiger partial charge in [-0.2, -0.15) is 0 Å². The molecule has 0 radical (unpaired) electrons. The molecule has 8 heteroatoms. The van der Waals surface area contributed by atoms with E-state index in [1.165, 1.54) is 11.3 Å². The molecule has 1 aromatic carbocycles. The molecule has 0 atom stereocenters. The molecule has 152 valence electrons. The van der Waals surface area contributed by atoms with Crippen molar-refractivity contribution in [2.75, 3.05) is 44.8 Å². The lowest BCUT2D eigenvalue weighted by Gasteiger charge is -2.30. The van der Waals surface area contributed by atoms with E-state index in [2.05, 4.69) is 44.0 Å². The number of guanidine groups is 1. The summed E-state index contributed by atoms with van der Waals surface area (Å²) in [5.74, 6) is 0.542. The molecule has 1 amide bonds. The van der Waals surface area contributed by atoms with Gasteiger partial charge in [-0.25, -0.2) is 0 Å². The van der Waals surface area contributed by atoms with Crippen molar-refractivity contribution >= 4 is 41.5 Å². The Balaban J connectivity index is 0.00000364. The molecule has 7 nitrogen and oxygen atoms in total. The first-order valence-electron chi connectivity index (χ1n) is 9.05. The van der Waals surface area contributed by atoms with Crippen LogP contribution in [-0.4, -0.2) is 57.3 Å². The molecule has 0 bridgehead atoms. The number of amides is 1. The highest BCUT2D eigenvalue weighted by Crippen LogP contribution is 2.21. The van der Waals surface area contributed by atoms with Crippen LogP contribution in [-0.2, 0) is 16.1 Å². The zero-order chi connectivity index (χ0) is 19.0. The minimum atomic E-state index is -0.243. The number of nitrogens with zero attached hydrogens (tertiary/aromatic N) is 2. The molecule has 2 rings (SSSR count). The largest absolute Gasteiger partial charge is 0.378 e. The van der Waals surface area contributed by atoms with Gasteiger partial charge < -0.3 is 25.6 Å². The summed E-state index contributed by atoms with van der Waals surface area (Å²) in [5, 5.41) is 9.26. The first-order valence-corrected chi connectivity index (χ1v) is 9.05. The van der Waals surface area contributed by atoms with Gasteiger partial charge in [-0.05, 0) is 32.4 Å². The summed E-state index contributed by atoms with van der Waals surface area (Å²) in [6, 6.07) is 8.33. The predicted octanol–water partition coefficient (Wildman–Crippen LogP) is 1.72. The molecule has 0 aromatic heterocycles. The summed E-state index contributed by atoms with van der Waals surface area (Å²) in [5.41, 5.74) is 2.16. The molecule has 3 N–H and O–H groups in total. The third-order valence-electron chi connectivity index (χ3n) is 3.94. The first kappa shape index (κ1) is 23.5. The number of benzene rings is 1. The van der Waals surface area contributed by atoms with E-state index in [0.29, 0.717) is 12.5 Å². The van der Waals surface area contributed by atoms with E-state index in [0.717, 1.165) is 26.3 Å². The summed E-state index contributed by atoms with van der Waals surface area (Å²) in [6.07, 6.45) is 0. The molecular formula is C19H32IN5O2. The molecule has 0 spiro atoms. The van der Waals surface area contributed by atoms with Crippen molar-refractivity contribution < 1.29 is 9.53 Å². The van der Waals surface area contributed by atoms with Crippen LogP contribution in [0.1, 0.15) is 26.3 Å². The summed E-state index contributed by atoms with van der Waals surface area (Å²) < 4.78 is 5.44. The quantitative estimate of drug-likeness (QED) is 0.334. The van der Waals surface area contributed by atoms with Crippen molar-refractivity contribution in [2.24, 2.45) is 4.99 Å². The lowest BCUT2D eigenvalue weighted by atomic mass is 10.1. The molecule has 1 aliphatic heterocycles. The normalized spacial score (nSPS) is 15.0. The highest BCUT2D eigenvalue weighted by molar-refractivity contribution is 14.0. The minimum Gasteiger partial charge on any atom is -0.378 e. The molecule has 27 heavy (non-hydrogen) atoms. The number of ether oxygens (including phenoxy) is 1. The van der Waals surface area contributed by atoms with E-state index in [9.17, 15) is 4.79 Å². The summed E-state index contributed by atoms with van der Waals surface area (Å²) in [7, 11) is 1.70. The number of anilines is 1. The van der Waals surface area contributed by atoms with Crippen LogP contribution in [0.5, 0.6) is 0 Å². The monoisotopic (exact) mass is 489 g/mol. The summed E-state index contributed by atoms with van der Waals surface area (Å²) >= 11 is 0. The standard InChI is InChI=1S/C19H31N5O2.HI/c1-19(2,3)23-17(25)14-22-18(20-4)21-13-15-7-5-6-8-16(15)24-9-11-26-12-10-24;/h5-8H,9-14H2,1-4H3,(H,23,25)(H2,20,21,22);1H. The minimum absolute atomic E-state index is 0. The maximum absolute atomic E-state index is 11.9. The van der Waals surface area contributed by atoms with Crippen LogP contribution in [0, 0.1) is 0 Å². The lowest BCUT2D eigenvalue weighted by Crippen LogP contribution is -2.48. The van der Waals surface area contributed by atoms with Crippen molar-refractivity contribution in [1.82, 2.24) is 16.0 Å². The van der Waals surface area contributed by atoms with Crippen molar-refractivity contribution in [3.05, 3.63) is 29.8 Å². The lowest BCUT2D eigenvalue weighted by molar-refractivity contribution is -0.121. The Morgan fingerprint density at radius 1 is 1.19 bits per heavy atom. The van der Waals surface area contributed by atoms with Gasteiger partial charge in [0.1, 0.15) is 0 Å². The van der Waals surface area contributed by atoms with Gasteiger partial charge in [-0.3, -0.25) is 9.79 Å². The van der Waals surface area contributed by atoms with Crippen molar-refractivity contribution in [1.29, 1.82) is 0 Å². The third kappa shape index (κ3) is 8.34. The second kappa shape index (κ2) is 11.3. The van der Waals surface area contributed by atoms with Crippen LogP contribution >= 0.6 is 24.0 Å². The fourth-order valence-electron chi connectivity index (χ4n) is 2.80. The Hall–Kier alpha value is -1.55. The molecule has 1 saturated heterocycles. The van der Waals surface area contributed by atoms with E-state index in [-0.39, 0.29) is 42.0 Å². The predicted molar refractivity (Wildman–Crippen MR) is 121 cm³/mol. The Morgan fingerprint density at radius 3 is 2.48 bits per heavy atom. The number of para-hydroxylation sites is 1. The van der Waals surface area contributed by atoms with Gasteiger partial charge in [0.2, 0.25) is 5.91 Å². The Labute approximate surface area is 179 Å². The number of rotatable bonds is 5. The summed E-state index contributed by atoms with van der Waals surface area (Å²) in [6.45, 7) is 10.0. The molecular weight excluding hydrogens is 457 g/mol. The number of hydrogen-bond acceptors (Lipinski definition) is 4. The van der Waals surface area contributed by atoms with Crippen molar-refractivity contribution in [2.45, 2.75) is 32.9 Å². The van der Waals surface area contributed by atoms with Crippen LogP contribution < -0.4 is 20.9 Å². The van der Waals surface area contributed by atoms with Crippen LogP contribution in [0.15, 0.2) is 29.3 Å². The van der Waals surface area contributed by atoms with Crippen molar-refractivity contribution in [3.63, 3.8) is 0 Å². The SMILES string of the molecule is CN=C(NCC(=O)NC(C)(C)C)NCc1ccccc1N1CCOCC1.I. The number of morpholine rings is 1. The molecule has 1 heterocycles. The van der Waals surface area contributed by atoms with Gasteiger partial charge in [-0.15, -0.1) is 24.0 Å². The molecule has 1 fully saturated rings. The number of aliphatic imine (C=N–C) groups is 1. The van der Waals surface area contributed by atoms with Gasteiger partial charge in [0, 0.05) is 37.9 Å². The Bertz CT molecular complexity index is 625. The zero-order valence-electron chi connectivity index (χ0n) is 16.7. The van der Waals surface area contributed by atoms with Crippen molar-refractivity contribution in [3.8, 4) is 0 Å². The van der Waals surface area contributed by atoms with Crippen LogP contribution in [0.4, 0.5) is 5.69 Å². The molecule has 1 aliphatic rings. The number of halogens is 1. The highest BCUT2D eigenvalue weighted by atomic mass is 127. The molecule has 1 aromatic rings. The maximum atomic E-state index is 11.9. The van der Waals surface area contributed by atoms with Gasteiger partial charge in [-0.1, -0.05) is 18.2 Å². The smallest absolute Gasteiger partial charge is 0.239 e. The third-order valence-corrected chi connectivity index (χ3v) is 3.94. The topological polar surface area (TPSA) is 78.0 Å². The molecule has 0 aliphatic carbocycles. The van der Waals surface area contributed by atoms with E-state index in [1.807, 2.05) is 26.8 Å². The second-order valence-electron chi connectivity index (χ2n) is 7.31. The fourth-order valence-corrected chi connectivity index (χ4v) is 2.80. The average molecular weight is 489 g/mol. The Morgan fingerprint density at radius 2 is 1.85 bits per heavy atom. The summed E-state index contributed by atoms with van der Waals surface area (Å²) in [4.78, 5) is 18.5. The van der Waals surface area contributed by atoms with Gasteiger partial charge in [0.05, 0.1) is 19.8 Å². The van der Waals surface area contributed by atoms with E-state index >= 15 is 0 Å². The van der Waals surface area contributed by atoms with Crippen LogP contribution in [0.2, 0.25) is 0 Å². The van der Waals surface area contributed by atoms with Gasteiger partial charge in [0.15, 0.2) is 5.96 Å². The van der Waals surface area contributed by atoms with Crippen LogP contribution in [0.25, 0.3) is 0 Å². The number of carbonyl (C=O) groups is 1. The first-order chi connectivity index (χ1) is 12.4. The number of carbonyl (C=O) groups excluding carboxylic acids is 1.